The van der Waals surface area contributed by atoms with Crippen LogP contribution in [0, 0.1) is 23.7 Å². The van der Waals surface area contributed by atoms with Gasteiger partial charge in [0.2, 0.25) is 0 Å². The molecule has 17 heavy (non-hydrogen) atoms. The summed E-state index contributed by atoms with van der Waals surface area (Å²) in [4.78, 5) is 0.221. The van der Waals surface area contributed by atoms with Crippen molar-refractivity contribution in [2.45, 2.75) is 23.5 Å². The number of hydrogen-bond donors (Lipinski definition) is 1. The quantitative estimate of drug-likeness (QED) is 0.870. The highest BCUT2D eigenvalue weighted by molar-refractivity contribution is 7.92. The molecular weight excluding hydrogens is 238 g/mol. The molecule has 1 saturated carbocycles. The molecule has 1 fully saturated rings. The molecule has 0 saturated heterocycles. The van der Waals surface area contributed by atoms with E-state index in [4.69, 9.17) is 10.4 Å². The van der Waals surface area contributed by atoms with Gasteiger partial charge >= 0.3 is 0 Å². The number of nitrogens with zero attached hydrogens (tertiary/aromatic N) is 1. The lowest BCUT2D eigenvalue weighted by molar-refractivity contribution is 0.246. The fourth-order valence-corrected chi connectivity index (χ4v) is 3.97. The predicted molar refractivity (Wildman–Crippen MR) is 61.9 cm³/mol. The monoisotopic (exact) mass is 251 g/mol. The first kappa shape index (κ1) is 12.1. The summed E-state index contributed by atoms with van der Waals surface area (Å²) < 4.78 is 24.4. The van der Waals surface area contributed by atoms with Crippen LogP contribution in [0.2, 0.25) is 0 Å². The largest absolute Gasteiger partial charge is 0.395 e. The number of hydrogen-bond acceptors (Lipinski definition) is 4. The van der Waals surface area contributed by atoms with Gasteiger partial charge in [-0.25, -0.2) is 8.42 Å². The van der Waals surface area contributed by atoms with Crippen molar-refractivity contribution in [3.05, 3.63) is 29.8 Å². The zero-order valence-corrected chi connectivity index (χ0v) is 10.2. The second kappa shape index (κ2) is 3.83. The summed E-state index contributed by atoms with van der Waals surface area (Å²) in [7, 11) is -3.50. The summed E-state index contributed by atoms with van der Waals surface area (Å²) in [5.74, 6) is 0. The maximum absolute atomic E-state index is 12.2. The first-order valence-corrected chi connectivity index (χ1v) is 6.83. The zero-order chi connectivity index (χ0) is 12.7. The van der Waals surface area contributed by atoms with E-state index in [1.54, 1.807) is 24.3 Å². The molecule has 0 spiro atoms. The van der Waals surface area contributed by atoms with Crippen LogP contribution >= 0.6 is 0 Å². The van der Waals surface area contributed by atoms with E-state index in [0.717, 1.165) is 5.56 Å². The molecule has 1 aliphatic carbocycles. The summed E-state index contributed by atoms with van der Waals surface area (Å²) in [6.07, 6.45) is 0.218. The van der Waals surface area contributed by atoms with Crippen LogP contribution in [0.1, 0.15) is 12.0 Å². The van der Waals surface area contributed by atoms with E-state index in [1.165, 1.54) is 0 Å². The summed E-state index contributed by atoms with van der Waals surface area (Å²) in [6, 6.07) is 8.45. The number of benzene rings is 1. The molecule has 1 aromatic carbocycles. The number of rotatable bonds is 3. The van der Waals surface area contributed by atoms with Gasteiger partial charge in [0.15, 0.2) is 9.84 Å². The fraction of sp³-hybridized carbons (Fsp3) is 0.417. The highest BCUT2D eigenvalue weighted by Gasteiger charge is 2.62. The van der Waals surface area contributed by atoms with E-state index in [2.05, 4.69) is 0 Å². The predicted octanol–water partition coefficient (Wildman–Crippen LogP) is 1.04. The summed E-state index contributed by atoms with van der Waals surface area (Å²) in [5.41, 5.74) is -0.113. The Bertz CT molecular complexity index is 571. The van der Waals surface area contributed by atoms with Gasteiger partial charge < -0.3 is 5.11 Å². The van der Waals surface area contributed by atoms with E-state index >= 15 is 0 Å². The second-order valence-corrected chi connectivity index (χ2v) is 6.61. The van der Waals surface area contributed by atoms with Crippen LogP contribution in [0.4, 0.5) is 0 Å². The number of aliphatic hydroxyl groups excluding tert-OH is 1. The Labute approximate surface area is 100 Å². The highest BCUT2D eigenvalue weighted by Crippen LogP contribution is 2.51. The van der Waals surface area contributed by atoms with E-state index in [0.29, 0.717) is 0 Å². The van der Waals surface area contributed by atoms with Gasteiger partial charge in [-0.2, -0.15) is 5.26 Å². The lowest BCUT2D eigenvalue weighted by Gasteiger charge is -2.06. The molecule has 0 unspecified atom stereocenters. The standard InChI is InChI=1S/C12H13NO3S/c1-9-2-4-10(5-3-9)17(15,16)11-6-12(11,7-13)8-14/h2-5,11,14H,6,8H2,1H3/t11-,12-/m1/s1. The summed E-state index contributed by atoms with van der Waals surface area (Å²) in [5, 5.41) is 17.2. The van der Waals surface area contributed by atoms with Crippen molar-refractivity contribution in [1.29, 1.82) is 5.26 Å². The average molecular weight is 251 g/mol. The van der Waals surface area contributed by atoms with Crippen LogP contribution < -0.4 is 0 Å². The number of aryl methyl sites for hydroxylation is 1. The minimum Gasteiger partial charge on any atom is -0.395 e. The zero-order valence-electron chi connectivity index (χ0n) is 9.42. The van der Waals surface area contributed by atoms with Gasteiger partial charge in [-0.15, -0.1) is 0 Å². The van der Waals surface area contributed by atoms with Gasteiger partial charge in [-0.05, 0) is 25.5 Å². The van der Waals surface area contributed by atoms with Crippen molar-refractivity contribution in [3.63, 3.8) is 0 Å². The van der Waals surface area contributed by atoms with Gasteiger partial charge in [0, 0.05) is 0 Å². The minimum atomic E-state index is -3.50. The molecule has 5 heteroatoms. The molecule has 4 nitrogen and oxygen atoms in total. The molecule has 1 N–H and O–H groups in total. The first-order valence-electron chi connectivity index (χ1n) is 5.29. The van der Waals surface area contributed by atoms with E-state index in [1.807, 2.05) is 13.0 Å². The molecule has 2 atom stereocenters. The van der Waals surface area contributed by atoms with Crippen molar-refractivity contribution < 1.29 is 13.5 Å². The van der Waals surface area contributed by atoms with Crippen molar-refractivity contribution in [2.75, 3.05) is 6.61 Å². The van der Waals surface area contributed by atoms with Gasteiger partial charge in [0.25, 0.3) is 0 Å². The fourth-order valence-electron chi connectivity index (χ4n) is 1.89. The highest BCUT2D eigenvalue weighted by atomic mass is 32.2. The maximum Gasteiger partial charge on any atom is 0.182 e. The Balaban J connectivity index is 2.35. The number of nitriles is 1. The van der Waals surface area contributed by atoms with Gasteiger partial charge in [-0.1, -0.05) is 17.7 Å². The molecule has 0 radical (unpaired) electrons. The third kappa shape index (κ3) is 1.84. The Morgan fingerprint density at radius 1 is 1.47 bits per heavy atom. The van der Waals surface area contributed by atoms with Crippen LogP contribution in [0.3, 0.4) is 0 Å². The molecule has 1 aromatic rings. The average Bonchev–Trinajstić information content (AvgIpc) is 3.06. The van der Waals surface area contributed by atoms with Crippen LogP contribution in [-0.4, -0.2) is 25.4 Å². The van der Waals surface area contributed by atoms with Crippen LogP contribution in [0.5, 0.6) is 0 Å². The Morgan fingerprint density at radius 3 is 2.47 bits per heavy atom. The van der Waals surface area contributed by atoms with Gasteiger partial charge in [0.05, 0.1) is 28.2 Å². The molecule has 1 aliphatic rings. The molecule has 0 aromatic heterocycles. The lowest BCUT2D eigenvalue weighted by atomic mass is 10.2. The van der Waals surface area contributed by atoms with Gasteiger partial charge in [-0.3, -0.25) is 0 Å². The minimum absolute atomic E-state index is 0.218. The van der Waals surface area contributed by atoms with E-state index in [9.17, 15) is 8.42 Å². The molecule has 0 amide bonds. The smallest absolute Gasteiger partial charge is 0.182 e. The Morgan fingerprint density at radius 2 is 2.06 bits per heavy atom. The van der Waals surface area contributed by atoms with Crippen molar-refractivity contribution in [3.8, 4) is 6.07 Å². The SMILES string of the molecule is Cc1ccc(S(=O)(=O)[C@@H]2C[C@@]2(C#N)CO)cc1. The van der Waals surface area contributed by atoms with E-state index < -0.39 is 27.1 Å². The van der Waals surface area contributed by atoms with Crippen molar-refractivity contribution >= 4 is 9.84 Å². The second-order valence-electron chi connectivity index (χ2n) is 4.48. The molecule has 0 aliphatic heterocycles. The Hall–Kier alpha value is -1.38. The van der Waals surface area contributed by atoms with Gasteiger partial charge in [0.1, 0.15) is 0 Å². The van der Waals surface area contributed by atoms with Crippen LogP contribution in [0.15, 0.2) is 29.2 Å². The summed E-state index contributed by atoms with van der Waals surface area (Å²) in [6.45, 7) is 1.47. The molecule has 90 valence electrons. The third-order valence-corrected chi connectivity index (χ3v) is 5.53. The normalized spacial score (nSPS) is 27.5. The third-order valence-electron chi connectivity index (χ3n) is 3.23. The molecule has 0 heterocycles. The van der Waals surface area contributed by atoms with Crippen LogP contribution in [-0.2, 0) is 9.84 Å². The molecule has 2 rings (SSSR count). The van der Waals surface area contributed by atoms with Crippen molar-refractivity contribution in [1.82, 2.24) is 0 Å². The Kier molecular flexibility index (Phi) is 2.72. The summed E-state index contributed by atoms with van der Waals surface area (Å²) >= 11 is 0. The number of aliphatic hydroxyl groups is 1. The lowest BCUT2D eigenvalue weighted by Crippen LogP contribution is -2.18. The van der Waals surface area contributed by atoms with Crippen LogP contribution in [0.25, 0.3) is 0 Å². The first-order chi connectivity index (χ1) is 7.96. The molecular formula is C12H13NO3S. The van der Waals surface area contributed by atoms with Crippen molar-refractivity contribution in [2.24, 2.45) is 5.41 Å². The number of sulfone groups is 1. The van der Waals surface area contributed by atoms with E-state index in [-0.39, 0.29) is 11.3 Å². The molecule has 0 bridgehead atoms. The topological polar surface area (TPSA) is 78.2 Å². The maximum atomic E-state index is 12.2.